The third-order valence-electron chi connectivity index (χ3n) is 3.89. The van der Waals surface area contributed by atoms with Gasteiger partial charge < -0.3 is 50.0 Å². The molecule has 2 rings (SSSR count). The van der Waals surface area contributed by atoms with E-state index in [0.29, 0.717) is 0 Å². The Labute approximate surface area is 140 Å². The second-order valence-electron chi connectivity index (χ2n) is 5.47. The molecule has 0 spiro atoms. The molecule has 0 aromatic rings. The summed E-state index contributed by atoms with van der Waals surface area (Å²) in [5.41, 5.74) is 8.58. The van der Waals surface area contributed by atoms with E-state index in [2.05, 4.69) is 10.0 Å². The second-order valence-corrected chi connectivity index (χ2v) is 5.47. The van der Waals surface area contributed by atoms with Crippen LogP contribution in [0, 0.1) is 0 Å². The Morgan fingerprint density at radius 1 is 1.04 bits per heavy atom. The van der Waals surface area contributed by atoms with Gasteiger partial charge in [0.2, 0.25) is 12.0 Å². The molecule has 13 heteroatoms. The van der Waals surface area contributed by atoms with E-state index in [1.54, 1.807) is 0 Å². The number of ether oxygens (including phenoxy) is 3. The lowest BCUT2D eigenvalue weighted by Gasteiger charge is -2.41. The quantitative estimate of drug-likeness (QED) is 0.148. The zero-order valence-electron chi connectivity index (χ0n) is 12.7. The van der Waals surface area contributed by atoms with Crippen molar-refractivity contribution in [1.29, 1.82) is 0 Å². The van der Waals surface area contributed by atoms with E-state index in [-0.39, 0.29) is 0 Å². The lowest BCUT2D eigenvalue weighted by Crippen LogP contribution is -2.58. The molecule has 0 radical (unpaired) electrons. The maximum absolute atomic E-state index is 9.99. The summed E-state index contributed by atoms with van der Waals surface area (Å²) in [6, 6.07) is -1.48. The predicted molar refractivity (Wildman–Crippen MR) is 75.4 cm³/mol. The van der Waals surface area contributed by atoms with Gasteiger partial charge in [-0.25, -0.2) is 0 Å². The average molecular weight is 365 g/mol. The first-order valence-corrected chi connectivity index (χ1v) is 7.25. The lowest BCUT2D eigenvalue weighted by molar-refractivity contribution is -0.275. The Balaban J connectivity index is 2.27. The molecule has 1 saturated heterocycles. The molecular formula is C12H19N3O10. The third-order valence-corrected chi connectivity index (χ3v) is 3.89. The summed E-state index contributed by atoms with van der Waals surface area (Å²) < 4.78 is 15.4. The molecule has 2 aliphatic heterocycles. The van der Waals surface area contributed by atoms with Gasteiger partial charge in [-0.05, 0) is 5.53 Å². The summed E-state index contributed by atoms with van der Waals surface area (Å²) in [5.74, 6) is -1.65. The van der Waals surface area contributed by atoms with Crippen LogP contribution in [-0.2, 0) is 14.2 Å². The first kappa shape index (κ1) is 19.5. The molecular weight excluding hydrogens is 346 g/mol. The van der Waals surface area contributed by atoms with Crippen LogP contribution in [0.1, 0.15) is 0 Å². The Morgan fingerprint density at radius 2 is 1.68 bits per heavy atom. The largest absolute Gasteiger partial charge is 0.504 e. The van der Waals surface area contributed by atoms with Gasteiger partial charge in [0.15, 0.2) is 6.10 Å². The molecule has 2 heterocycles. The summed E-state index contributed by atoms with van der Waals surface area (Å²) in [7, 11) is 0. The minimum absolute atomic E-state index is 0.701. The molecule has 0 aliphatic carbocycles. The molecule has 2 aliphatic rings. The standard InChI is InChI=1S/C12H19N3O10/c13-15-14-5-8(20)6(18)3(1-16)23-11(5)25-12-10(22)9(21)7(19)4(2-17)24-12/h3-9,11,16-22H,1-2H2/t3?,4?,5?,6-,7-,8?,9?,11-/m1/s1. The predicted octanol–water partition coefficient (Wildman–Crippen LogP) is -3.04. The van der Waals surface area contributed by atoms with E-state index in [4.69, 9.17) is 24.8 Å². The van der Waals surface area contributed by atoms with Crippen molar-refractivity contribution in [3.05, 3.63) is 22.1 Å². The third kappa shape index (κ3) is 3.73. The van der Waals surface area contributed by atoms with Crippen LogP contribution in [0.2, 0.25) is 0 Å². The van der Waals surface area contributed by atoms with Crippen molar-refractivity contribution in [3.8, 4) is 0 Å². The minimum Gasteiger partial charge on any atom is -0.504 e. The van der Waals surface area contributed by atoms with Crippen molar-refractivity contribution >= 4 is 0 Å². The lowest BCUT2D eigenvalue weighted by atomic mass is 9.98. The summed E-state index contributed by atoms with van der Waals surface area (Å²) in [6.45, 7) is -1.42. The zero-order valence-corrected chi connectivity index (χ0v) is 12.7. The van der Waals surface area contributed by atoms with Crippen LogP contribution in [0.3, 0.4) is 0 Å². The monoisotopic (exact) mass is 365 g/mol. The number of rotatable bonds is 5. The van der Waals surface area contributed by atoms with E-state index in [1.807, 2.05) is 0 Å². The van der Waals surface area contributed by atoms with Gasteiger partial charge >= 0.3 is 5.95 Å². The highest BCUT2D eigenvalue weighted by molar-refractivity contribution is 5.09. The van der Waals surface area contributed by atoms with Crippen molar-refractivity contribution in [2.75, 3.05) is 13.2 Å². The average Bonchev–Trinajstić information content (AvgIpc) is 2.61. The summed E-state index contributed by atoms with van der Waals surface area (Å²) in [4.78, 5) is 2.50. The molecule has 0 bridgehead atoms. The van der Waals surface area contributed by atoms with Gasteiger partial charge in [0.05, 0.1) is 19.3 Å². The smallest absolute Gasteiger partial charge is 0.324 e. The van der Waals surface area contributed by atoms with E-state index >= 15 is 0 Å². The van der Waals surface area contributed by atoms with Crippen LogP contribution < -0.4 is 0 Å². The first-order valence-electron chi connectivity index (χ1n) is 7.25. The first-order chi connectivity index (χ1) is 11.8. The number of aliphatic hydroxyl groups excluding tert-OH is 7. The Bertz CT molecular complexity index is 553. The highest BCUT2D eigenvalue weighted by atomic mass is 16.8. The number of hydrogen-bond donors (Lipinski definition) is 7. The Morgan fingerprint density at radius 3 is 2.24 bits per heavy atom. The molecule has 13 nitrogen and oxygen atoms in total. The molecule has 5 unspecified atom stereocenters. The molecule has 8 atom stereocenters. The molecule has 1 fully saturated rings. The molecule has 0 saturated carbocycles. The minimum atomic E-state index is -1.83. The van der Waals surface area contributed by atoms with Gasteiger partial charge in [-0.2, -0.15) is 0 Å². The summed E-state index contributed by atoms with van der Waals surface area (Å²) >= 11 is 0. The van der Waals surface area contributed by atoms with E-state index in [0.717, 1.165) is 0 Å². The topological polar surface area (TPSA) is 218 Å². The number of hydrogen-bond acceptors (Lipinski definition) is 11. The van der Waals surface area contributed by atoms with Crippen LogP contribution in [0.5, 0.6) is 0 Å². The fourth-order valence-electron chi connectivity index (χ4n) is 2.44. The van der Waals surface area contributed by atoms with Crippen LogP contribution in [0.25, 0.3) is 10.4 Å². The van der Waals surface area contributed by atoms with E-state index in [9.17, 15) is 30.6 Å². The van der Waals surface area contributed by atoms with E-state index < -0.39 is 73.9 Å². The van der Waals surface area contributed by atoms with Gasteiger partial charge in [0.25, 0.3) is 0 Å². The fourth-order valence-corrected chi connectivity index (χ4v) is 2.44. The van der Waals surface area contributed by atoms with Gasteiger partial charge in [0, 0.05) is 4.91 Å². The van der Waals surface area contributed by atoms with Crippen molar-refractivity contribution in [2.24, 2.45) is 5.11 Å². The van der Waals surface area contributed by atoms with E-state index in [1.165, 1.54) is 0 Å². The molecule has 0 aromatic heterocycles. The molecule has 0 amide bonds. The number of azide groups is 1. The van der Waals surface area contributed by atoms with Gasteiger partial charge in [-0.15, -0.1) is 0 Å². The van der Waals surface area contributed by atoms with Crippen molar-refractivity contribution in [1.82, 2.24) is 0 Å². The summed E-state index contributed by atoms with van der Waals surface area (Å²) in [6.07, 6.45) is -10.9. The normalized spacial score (nSPS) is 41.7. The maximum atomic E-state index is 9.99. The SMILES string of the molecule is [N-]=[N+]=NC1C(O)[C@H](O)C(CO)O[C@@H]1OC1=C(O)C(O)[C@H](O)C(CO)O1. The molecule has 0 aromatic carbocycles. The van der Waals surface area contributed by atoms with Crippen LogP contribution >= 0.6 is 0 Å². The van der Waals surface area contributed by atoms with Crippen LogP contribution in [-0.4, -0.2) is 97.9 Å². The number of aliphatic hydroxyl groups is 7. The Hall–Kier alpha value is -1.83. The second kappa shape index (κ2) is 8.03. The van der Waals surface area contributed by atoms with Gasteiger partial charge in [0.1, 0.15) is 30.5 Å². The zero-order chi connectivity index (χ0) is 18.7. The molecule has 142 valence electrons. The van der Waals surface area contributed by atoms with Crippen molar-refractivity contribution in [2.45, 2.75) is 49.0 Å². The fraction of sp³-hybridized carbons (Fsp3) is 0.833. The van der Waals surface area contributed by atoms with Crippen molar-refractivity contribution < 1.29 is 50.0 Å². The van der Waals surface area contributed by atoms with Crippen LogP contribution in [0.4, 0.5) is 0 Å². The van der Waals surface area contributed by atoms with Gasteiger partial charge in [-0.1, -0.05) is 5.11 Å². The van der Waals surface area contributed by atoms with Gasteiger partial charge in [-0.3, -0.25) is 0 Å². The summed E-state index contributed by atoms with van der Waals surface area (Å²) in [5, 5.41) is 70.5. The Kier molecular flexibility index (Phi) is 6.26. The van der Waals surface area contributed by atoms with Crippen molar-refractivity contribution in [3.63, 3.8) is 0 Å². The van der Waals surface area contributed by atoms with Crippen LogP contribution in [0.15, 0.2) is 16.8 Å². The highest BCUT2D eigenvalue weighted by Gasteiger charge is 2.47. The molecule has 25 heavy (non-hydrogen) atoms. The highest BCUT2D eigenvalue weighted by Crippen LogP contribution is 2.30. The number of nitrogens with zero attached hydrogens (tertiary/aromatic N) is 3. The molecule has 7 N–H and O–H groups in total. The maximum Gasteiger partial charge on any atom is 0.324 e.